The number of hydrogen-bond acceptors (Lipinski definition) is 5. The molecule has 1 aromatic heterocycles. The number of benzene rings is 1. The van der Waals surface area contributed by atoms with Gasteiger partial charge in [0.1, 0.15) is 5.56 Å². The second kappa shape index (κ2) is 12.7. The summed E-state index contributed by atoms with van der Waals surface area (Å²) >= 11 is 0. The van der Waals surface area contributed by atoms with E-state index in [1.807, 2.05) is 44.2 Å². The summed E-state index contributed by atoms with van der Waals surface area (Å²) in [5, 5.41) is 8.55. The maximum absolute atomic E-state index is 12.7. The smallest absolute Gasteiger partial charge is 0.263 e. The molecule has 0 aliphatic carbocycles. The minimum atomic E-state index is -0.520. The number of amides is 2. The minimum absolute atomic E-state index is 0. The Balaban J connectivity index is 0. The van der Waals surface area contributed by atoms with Crippen molar-refractivity contribution in [3.05, 3.63) is 69.6 Å². The summed E-state index contributed by atoms with van der Waals surface area (Å²) in [6.07, 6.45) is 2.25. The highest BCUT2D eigenvalue weighted by atomic mass is 16.5. The van der Waals surface area contributed by atoms with Gasteiger partial charge in [-0.3, -0.25) is 14.4 Å². The van der Waals surface area contributed by atoms with Gasteiger partial charge in [0.15, 0.2) is 0 Å². The molecule has 1 aliphatic rings. The lowest BCUT2D eigenvalue weighted by molar-refractivity contribution is 0.0239. The molecule has 31 heavy (non-hydrogen) atoms. The molecule has 8 nitrogen and oxygen atoms in total. The van der Waals surface area contributed by atoms with Gasteiger partial charge in [-0.05, 0) is 18.1 Å². The van der Waals surface area contributed by atoms with Crippen molar-refractivity contribution >= 4 is 11.8 Å². The first-order chi connectivity index (χ1) is 15.1. The van der Waals surface area contributed by atoms with Crippen LogP contribution in [0.4, 0.5) is 0 Å². The van der Waals surface area contributed by atoms with Crippen LogP contribution in [0.1, 0.15) is 50.8 Å². The molecular formula is C23H38N4O4. The predicted molar refractivity (Wildman–Crippen MR) is 127 cm³/mol. The zero-order chi connectivity index (χ0) is 22.6. The Bertz CT molecular complexity index is 920. The number of carbonyl (C=O) groups excluding carboxylic acids is 2. The van der Waals surface area contributed by atoms with E-state index in [1.54, 1.807) is 0 Å². The number of carbonyl (C=O) groups is 2. The molecule has 1 fully saturated rings. The van der Waals surface area contributed by atoms with E-state index in [0.717, 1.165) is 18.7 Å². The van der Waals surface area contributed by atoms with Gasteiger partial charge in [-0.15, -0.1) is 0 Å². The number of hydrogen-bond donors (Lipinski definition) is 3. The average molecular weight is 435 g/mol. The van der Waals surface area contributed by atoms with Gasteiger partial charge in [-0.2, -0.15) is 0 Å². The fraction of sp³-hybridized carbons (Fsp3) is 0.435. The number of nitrogens with zero attached hydrogens (tertiary/aromatic N) is 1. The van der Waals surface area contributed by atoms with Crippen LogP contribution in [0.3, 0.4) is 0 Å². The normalized spacial score (nSPS) is 15.4. The van der Waals surface area contributed by atoms with E-state index < -0.39 is 11.5 Å². The van der Waals surface area contributed by atoms with Crippen molar-refractivity contribution in [1.82, 2.24) is 20.5 Å². The summed E-state index contributed by atoms with van der Waals surface area (Å²) in [4.78, 5) is 37.5. The summed E-state index contributed by atoms with van der Waals surface area (Å²) in [5.74, 6) is -0.853. The highest BCUT2D eigenvalue weighted by molar-refractivity contribution is 5.99. The summed E-state index contributed by atoms with van der Waals surface area (Å²) < 4.78 is 7.01. The van der Waals surface area contributed by atoms with Crippen LogP contribution in [0, 0.1) is 0 Å². The topological polar surface area (TPSA) is 101 Å². The molecule has 0 spiro atoms. The van der Waals surface area contributed by atoms with Crippen LogP contribution < -0.4 is 21.5 Å². The van der Waals surface area contributed by atoms with Crippen LogP contribution in [0.15, 0.2) is 47.4 Å². The van der Waals surface area contributed by atoms with Crippen LogP contribution in [-0.4, -0.2) is 55.8 Å². The van der Waals surface area contributed by atoms with E-state index in [1.165, 1.54) is 23.9 Å². The van der Waals surface area contributed by atoms with Crippen LogP contribution in [0.2, 0.25) is 0 Å². The Labute approximate surface area is 187 Å². The molecule has 8 heteroatoms. The van der Waals surface area contributed by atoms with Crippen molar-refractivity contribution in [2.45, 2.75) is 32.9 Å². The molecule has 0 bridgehead atoms. The van der Waals surface area contributed by atoms with Crippen molar-refractivity contribution < 1.29 is 18.6 Å². The predicted octanol–water partition coefficient (Wildman–Crippen LogP) is 2.13. The zero-order valence-corrected chi connectivity index (χ0v) is 18.4. The number of rotatable bonds is 7. The van der Waals surface area contributed by atoms with Crippen LogP contribution in [0.25, 0.3) is 0 Å². The fourth-order valence-corrected chi connectivity index (χ4v) is 3.21. The molecule has 1 aromatic carbocycles. The van der Waals surface area contributed by atoms with Crippen LogP contribution in [-0.2, 0) is 11.3 Å². The lowest BCUT2D eigenvalue weighted by atomic mass is 10.1. The molecule has 1 atom stereocenters. The van der Waals surface area contributed by atoms with E-state index in [4.69, 9.17) is 4.74 Å². The maximum atomic E-state index is 12.7. The molecule has 174 valence electrons. The Morgan fingerprint density at radius 3 is 2.61 bits per heavy atom. The van der Waals surface area contributed by atoms with E-state index in [-0.39, 0.29) is 34.0 Å². The maximum Gasteiger partial charge on any atom is 0.263 e. The highest BCUT2D eigenvalue weighted by Crippen LogP contribution is 2.06. The number of nitrogens with one attached hydrogen (secondary N) is 3. The third-order valence-electron chi connectivity index (χ3n) is 4.77. The molecule has 2 amide bonds. The van der Waals surface area contributed by atoms with Crippen LogP contribution >= 0.6 is 0 Å². The Kier molecular flexibility index (Phi) is 9.93. The Hall–Kier alpha value is -2.97. The van der Waals surface area contributed by atoms with E-state index in [9.17, 15) is 14.4 Å². The molecule has 3 rings (SSSR count). The molecular weight excluding hydrogens is 396 g/mol. The number of ether oxygens (including phenoxy) is 1. The highest BCUT2D eigenvalue weighted by Gasteiger charge is 2.18. The monoisotopic (exact) mass is 434 g/mol. The molecule has 0 radical (unpaired) electrons. The van der Waals surface area contributed by atoms with Crippen molar-refractivity contribution in [1.29, 1.82) is 0 Å². The summed E-state index contributed by atoms with van der Waals surface area (Å²) in [6, 6.07) is 10.7. The molecule has 1 aliphatic heterocycles. The van der Waals surface area contributed by atoms with Gasteiger partial charge in [0.05, 0.1) is 24.8 Å². The zero-order valence-electron chi connectivity index (χ0n) is 18.4. The van der Waals surface area contributed by atoms with Crippen molar-refractivity contribution in [2.75, 3.05) is 33.3 Å². The summed E-state index contributed by atoms with van der Waals surface area (Å²) in [5.41, 5.74) is 0.668. The van der Waals surface area contributed by atoms with Crippen molar-refractivity contribution in [3.63, 3.8) is 0 Å². The Morgan fingerprint density at radius 2 is 1.97 bits per heavy atom. The first-order valence-corrected chi connectivity index (χ1v) is 10.7. The van der Waals surface area contributed by atoms with Crippen LogP contribution in [0.5, 0.6) is 0 Å². The second-order valence-electron chi connectivity index (χ2n) is 6.88. The van der Waals surface area contributed by atoms with E-state index in [2.05, 4.69) is 16.0 Å². The van der Waals surface area contributed by atoms with E-state index >= 15 is 0 Å². The fourth-order valence-electron chi connectivity index (χ4n) is 3.21. The van der Waals surface area contributed by atoms with Crippen molar-refractivity contribution in [3.8, 4) is 0 Å². The second-order valence-corrected chi connectivity index (χ2v) is 6.88. The van der Waals surface area contributed by atoms with E-state index in [0.29, 0.717) is 19.6 Å². The molecule has 2 aromatic rings. The summed E-state index contributed by atoms with van der Waals surface area (Å²) in [6.45, 7) is 6.98. The first-order valence-electron chi connectivity index (χ1n) is 10.7. The van der Waals surface area contributed by atoms with Gasteiger partial charge in [0, 0.05) is 37.2 Å². The van der Waals surface area contributed by atoms with Gasteiger partial charge in [0.2, 0.25) is 0 Å². The van der Waals surface area contributed by atoms with Gasteiger partial charge in [-0.25, -0.2) is 0 Å². The molecule has 3 N–H and O–H groups in total. The first kappa shape index (κ1) is 24.3. The molecule has 0 saturated carbocycles. The Morgan fingerprint density at radius 1 is 1.23 bits per heavy atom. The van der Waals surface area contributed by atoms with Crippen molar-refractivity contribution in [2.24, 2.45) is 0 Å². The largest absolute Gasteiger partial charge is 0.376 e. The standard InChI is InChI=1S/C21H26N4O4.C2H6.3H2/c1-22-20(27)18-11-16(19(26)24-8-7-17-12-23-9-10-29-17)14-25(21(18)28)13-15-5-3-2-4-6-15;1-2;;;/h2-6,11,14,17,23H,7-10,12-13H2,1H3,(H,22,27)(H,24,26);1-2H3;3*1H. The summed E-state index contributed by atoms with van der Waals surface area (Å²) in [7, 11) is 1.45. The third-order valence-corrected chi connectivity index (χ3v) is 4.77. The van der Waals surface area contributed by atoms with Gasteiger partial charge >= 0.3 is 0 Å². The average Bonchev–Trinajstić information content (AvgIpc) is 2.82. The lowest BCUT2D eigenvalue weighted by Gasteiger charge is -2.23. The molecule has 1 saturated heterocycles. The number of aromatic nitrogens is 1. The number of pyridine rings is 1. The third kappa shape index (κ3) is 7.04. The van der Waals surface area contributed by atoms with Gasteiger partial charge in [-0.1, -0.05) is 44.2 Å². The number of morpholine rings is 1. The quantitative estimate of drug-likeness (QED) is 0.620. The molecule has 1 unspecified atom stereocenters. The SMILES string of the molecule is CC.CNC(=O)c1cc(C(=O)NCCC2CNCCO2)cn(Cc2ccccc2)c1=O.[HH].[HH].[HH]. The molecule has 2 heterocycles. The van der Waals surface area contributed by atoms with Gasteiger partial charge < -0.3 is 25.3 Å². The lowest BCUT2D eigenvalue weighted by Crippen LogP contribution is -2.40. The minimum Gasteiger partial charge on any atom is -0.376 e. The van der Waals surface area contributed by atoms with Gasteiger partial charge in [0.25, 0.3) is 17.4 Å².